The number of carbonyl (C=O) groups is 1. The topological polar surface area (TPSA) is 59.8 Å². The summed E-state index contributed by atoms with van der Waals surface area (Å²) in [5.74, 6) is 4.17. The standard InChI is InChI=1S/C25H32N4OS/c1-3-7-29-22(15-25-12-18-9-19(13-25)11-20(10-18)14-25)27-28-24(29)31-16-23(30)26-21-6-4-5-17(2)8-21/h3-6,8,18-20H,1,7,9-16H2,2H3,(H,26,30). The van der Waals surface area contributed by atoms with Gasteiger partial charge in [0.05, 0.1) is 5.75 Å². The molecular weight excluding hydrogens is 404 g/mol. The molecule has 31 heavy (non-hydrogen) atoms. The molecule has 4 bridgehead atoms. The monoisotopic (exact) mass is 436 g/mol. The van der Waals surface area contributed by atoms with Crippen LogP contribution in [-0.4, -0.2) is 26.4 Å². The van der Waals surface area contributed by atoms with E-state index in [1.54, 1.807) is 0 Å². The number of nitrogens with one attached hydrogen (secondary N) is 1. The van der Waals surface area contributed by atoms with E-state index in [1.165, 1.54) is 50.3 Å². The number of aryl methyl sites for hydroxylation is 1. The lowest BCUT2D eigenvalue weighted by Crippen LogP contribution is -2.47. The van der Waals surface area contributed by atoms with E-state index < -0.39 is 0 Å². The van der Waals surface area contributed by atoms with E-state index in [0.29, 0.717) is 17.7 Å². The molecule has 0 atom stereocenters. The van der Waals surface area contributed by atoms with Gasteiger partial charge >= 0.3 is 0 Å². The van der Waals surface area contributed by atoms with Crippen molar-refractivity contribution in [2.24, 2.45) is 23.2 Å². The summed E-state index contributed by atoms with van der Waals surface area (Å²) >= 11 is 1.46. The minimum atomic E-state index is -0.0219. The van der Waals surface area contributed by atoms with Crippen molar-refractivity contribution in [1.82, 2.24) is 14.8 Å². The van der Waals surface area contributed by atoms with Crippen molar-refractivity contribution in [2.75, 3.05) is 11.1 Å². The van der Waals surface area contributed by atoms with Gasteiger partial charge in [-0.1, -0.05) is 30.0 Å². The summed E-state index contributed by atoms with van der Waals surface area (Å²) in [5, 5.41) is 12.9. The third kappa shape index (κ3) is 4.45. The van der Waals surface area contributed by atoms with Crippen LogP contribution in [0.1, 0.15) is 49.9 Å². The lowest BCUT2D eigenvalue weighted by molar-refractivity contribution is -0.113. The summed E-state index contributed by atoms with van der Waals surface area (Å²) in [5.41, 5.74) is 2.39. The van der Waals surface area contributed by atoms with Gasteiger partial charge in [-0.3, -0.25) is 4.79 Å². The molecule has 1 aromatic heterocycles. The van der Waals surface area contributed by atoms with Crippen LogP contribution < -0.4 is 5.32 Å². The molecule has 0 aliphatic heterocycles. The van der Waals surface area contributed by atoms with E-state index in [9.17, 15) is 4.79 Å². The van der Waals surface area contributed by atoms with Gasteiger partial charge in [-0.25, -0.2) is 0 Å². The average Bonchev–Trinajstić information content (AvgIpc) is 3.06. The van der Waals surface area contributed by atoms with Gasteiger partial charge in [0.25, 0.3) is 0 Å². The molecule has 0 saturated heterocycles. The molecular formula is C25H32N4OS. The van der Waals surface area contributed by atoms with Crippen LogP contribution in [-0.2, 0) is 17.8 Å². The van der Waals surface area contributed by atoms with Crippen molar-refractivity contribution < 1.29 is 4.79 Å². The summed E-state index contributed by atoms with van der Waals surface area (Å²) < 4.78 is 2.18. The van der Waals surface area contributed by atoms with Gasteiger partial charge in [0, 0.05) is 18.7 Å². The van der Waals surface area contributed by atoms with E-state index in [0.717, 1.165) is 46.4 Å². The Hall–Kier alpha value is -2.08. The molecule has 1 heterocycles. The normalized spacial score (nSPS) is 28.6. The van der Waals surface area contributed by atoms with Crippen molar-refractivity contribution >= 4 is 23.4 Å². The second-order valence-corrected chi connectivity index (χ2v) is 11.0. The molecule has 1 N–H and O–H groups in total. The number of carbonyl (C=O) groups excluding carboxylic acids is 1. The Morgan fingerprint density at radius 1 is 1.23 bits per heavy atom. The number of allylic oxidation sites excluding steroid dienone is 1. The molecule has 4 fully saturated rings. The number of anilines is 1. The molecule has 4 aliphatic carbocycles. The molecule has 0 radical (unpaired) electrons. The number of hydrogen-bond donors (Lipinski definition) is 1. The Morgan fingerprint density at radius 2 is 1.94 bits per heavy atom. The zero-order valence-corrected chi connectivity index (χ0v) is 19.2. The molecule has 0 unspecified atom stereocenters. The lowest BCUT2D eigenvalue weighted by atomic mass is 9.49. The highest BCUT2D eigenvalue weighted by molar-refractivity contribution is 7.99. The molecule has 6 rings (SSSR count). The minimum Gasteiger partial charge on any atom is -0.325 e. The Balaban J connectivity index is 1.26. The van der Waals surface area contributed by atoms with Crippen molar-refractivity contribution in [3.63, 3.8) is 0 Å². The number of aromatic nitrogens is 3. The fourth-order valence-corrected chi connectivity index (χ4v) is 7.53. The zero-order valence-electron chi connectivity index (χ0n) is 18.3. The first-order valence-corrected chi connectivity index (χ1v) is 12.5. The molecule has 1 amide bonds. The van der Waals surface area contributed by atoms with Gasteiger partial charge < -0.3 is 9.88 Å². The van der Waals surface area contributed by atoms with Gasteiger partial charge in [-0.2, -0.15) is 0 Å². The fourth-order valence-electron chi connectivity index (χ4n) is 6.76. The van der Waals surface area contributed by atoms with Crippen LogP contribution in [0, 0.1) is 30.1 Å². The number of thioether (sulfide) groups is 1. The van der Waals surface area contributed by atoms with Crippen LogP contribution in [0.25, 0.3) is 0 Å². The van der Waals surface area contributed by atoms with Gasteiger partial charge in [-0.15, -0.1) is 16.8 Å². The Bertz CT molecular complexity index is 946. The molecule has 164 valence electrons. The van der Waals surface area contributed by atoms with Crippen LogP contribution in [0.15, 0.2) is 42.1 Å². The van der Waals surface area contributed by atoms with E-state index in [4.69, 9.17) is 0 Å². The maximum Gasteiger partial charge on any atom is 0.234 e. The van der Waals surface area contributed by atoms with E-state index >= 15 is 0 Å². The smallest absolute Gasteiger partial charge is 0.234 e. The molecule has 5 nitrogen and oxygen atoms in total. The van der Waals surface area contributed by atoms with Crippen LogP contribution in [0.4, 0.5) is 5.69 Å². The summed E-state index contributed by atoms with van der Waals surface area (Å²) in [6.07, 6.45) is 11.4. The molecule has 2 aromatic rings. The van der Waals surface area contributed by atoms with Crippen LogP contribution in [0.3, 0.4) is 0 Å². The van der Waals surface area contributed by atoms with Crippen LogP contribution >= 0.6 is 11.8 Å². The number of nitrogens with zero attached hydrogens (tertiary/aromatic N) is 3. The fraction of sp³-hybridized carbons (Fsp3) is 0.560. The molecule has 4 aliphatic rings. The van der Waals surface area contributed by atoms with Crippen molar-refractivity contribution in [3.05, 3.63) is 48.3 Å². The van der Waals surface area contributed by atoms with Crippen molar-refractivity contribution in [3.8, 4) is 0 Å². The first-order valence-electron chi connectivity index (χ1n) is 11.5. The van der Waals surface area contributed by atoms with Gasteiger partial charge in [0.1, 0.15) is 5.82 Å². The number of benzene rings is 1. The third-order valence-corrected chi connectivity index (χ3v) is 8.40. The number of rotatable bonds is 8. The van der Waals surface area contributed by atoms with Gasteiger partial charge in [-0.05, 0) is 86.3 Å². The van der Waals surface area contributed by atoms with Crippen LogP contribution in [0.5, 0.6) is 0 Å². The van der Waals surface area contributed by atoms with E-state index in [-0.39, 0.29) is 5.91 Å². The van der Waals surface area contributed by atoms with E-state index in [1.807, 2.05) is 37.3 Å². The highest BCUT2D eigenvalue weighted by Crippen LogP contribution is 2.61. The maximum absolute atomic E-state index is 12.5. The summed E-state index contributed by atoms with van der Waals surface area (Å²) in [6, 6.07) is 7.87. The average molecular weight is 437 g/mol. The molecule has 0 spiro atoms. The van der Waals surface area contributed by atoms with Crippen molar-refractivity contribution in [2.45, 2.75) is 63.6 Å². The Kier molecular flexibility index (Phi) is 5.67. The molecule has 6 heteroatoms. The van der Waals surface area contributed by atoms with Gasteiger partial charge in [0.15, 0.2) is 5.16 Å². The predicted octanol–water partition coefficient (Wildman–Crippen LogP) is 5.26. The van der Waals surface area contributed by atoms with Crippen LogP contribution in [0.2, 0.25) is 0 Å². The summed E-state index contributed by atoms with van der Waals surface area (Å²) in [6.45, 7) is 6.65. The van der Waals surface area contributed by atoms with Gasteiger partial charge in [0.2, 0.25) is 5.91 Å². The first-order chi connectivity index (χ1) is 15.0. The highest BCUT2D eigenvalue weighted by Gasteiger charge is 2.51. The maximum atomic E-state index is 12.5. The largest absolute Gasteiger partial charge is 0.325 e. The van der Waals surface area contributed by atoms with Crippen molar-refractivity contribution in [1.29, 1.82) is 0 Å². The molecule has 4 saturated carbocycles. The predicted molar refractivity (Wildman–Crippen MR) is 125 cm³/mol. The second kappa shape index (κ2) is 8.45. The van der Waals surface area contributed by atoms with E-state index in [2.05, 4.69) is 26.7 Å². The minimum absolute atomic E-state index is 0.0219. The number of hydrogen-bond acceptors (Lipinski definition) is 4. The number of amides is 1. The first kappa shape index (κ1) is 20.8. The SMILES string of the molecule is C=CCn1c(CC23CC4CC(CC(C4)C2)C3)nnc1SCC(=O)Nc1cccc(C)c1. The zero-order chi connectivity index (χ0) is 21.4. The quantitative estimate of drug-likeness (QED) is 0.453. The molecule has 1 aromatic carbocycles. The lowest BCUT2D eigenvalue weighted by Gasteiger charge is -2.56. The third-order valence-electron chi connectivity index (χ3n) is 7.44. The Labute approximate surface area is 189 Å². The Morgan fingerprint density at radius 3 is 2.58 bits per heavy atom. The summed E-state index contributed by atoms with van der Waals surface area (Å²) in [7, 11) is 0. The second-order valence-electron chi connectivity index (χ2n) is 10.1. The summed E-state index contributed by atoms with van der Waals surface area (Å²) in [4.78, 5) is 12.5. The highest BCUT2D eigenvalue weighted by atomic mass is 32.2.